The zero-order chi connectivity index (χ0) is 28.3. The minimum atomic E-state index is -0.588. The summed E-state index contributed by atoms with van der Waals surface area (Å²) >= 11 is 5.90. The Morgan fingerprint density at radius 2 is 1.92 bits per heavy atom. The maximum Gasteiger partial charge on any atom is 0.258 e. The maximum atomic E-state index is 13.7. The molecule has 10 heteroatoms. The molecule has 0 bridgehead atoms. The lowest BCUT2D eigenvalue weighted by atomic mass is 9.97. The number of nitrogens with two attached hydrogens (primary N) is 1. The van der Waals surface area contributed by atoms with Crippen molar-refractivity contribution < 1.29 is 28.6 Å². The Morgan fingerprint density at radius 3 is 2.56 bits per heavy atom. The van der Waals surface area contributed by atoms with E-state index < -0.39 is 17.5 Å². The first-order chi connectivity index (χ1) is 18.7. The number of amides is 1. The number of hydrogen-bond donors (Lipinski definition) is 2. The first-order valence-corrected chi connectivity index (χ1v) is 12.4. The molecule has 0 aliphatic carbocycles. The molecule has 39 heavy (non-hydrogen) atoms. The zero-order valence-electron chi connectivity index (χ0n) is 21.6. The van der Waals surface area contributed by atoms with E-state index in [1.165, 1.54) is 30.3 Å². The molecule has 3 N–H and O–H groups in total. The predicted molar refractivity (Wildman–Crippen MR) is 147 cm³/mol. The molecule has 4 aromatic rings. The van der Waals surface area contributed by atoms with Gasteiger partial charge in [-0.1, -0.05) is 17.7 Å². The average Bonchev–Trinajstić information content (AvgIpc) is 2.95. The third-order valence-corrected chi connectivity index (χ3v) is 6.79. The Bertz CT molecular complexity index is 1580. The fraction of sp³-hybridized carbons (Fsp3) is 0.207. The molecule has 8 nitrogen and oxygen atoms in total. The van der Waals surface area contributed by atoms with Crippen molar-refractivity contribution in [3.63, 3.8) is 0 Å². The van der Waals surface area contributed by atoms with Crippen LogP contribution in [0, 0.1) is 5.82 Å². The van der Waals surface area contributed by atoms with Crippen LogP contribution in [0.4, 0.5) is 10.1 Å². The first kappa shape index (κ1) is 27.7. The summed E-state index contributed by atoms with van der Waals surface area (Å²) in [5.41, 5.74) is 8.23. The fourth-order valence-electron chi connectivity index (χ4n) is 4.42. The molecule has 0 saturated carbocycles. The lowest BCUT2D eigenvalue weighted by molar-refractivity contribution is 0.0746. The summed E-state index contributed by atoms with van der Waals surface area (Å²) in [6.07, 6.45) is 2.33. The van der Waals surface area contributed by atoms with Crippen molar-refractivity contribution in [1.82, 2.24) is 9.88 Å². The minimum absolute atomic E-state index is 0.00228. The van der Waals surface area contributed by atoms with Crippen molar-refractivity contribution in [2.45, 2.75) is 19.9 Å². The number of rotatable bonds is 9. The molecule has 202 valence electrons. The number of aromatic nitrogens is 1. The van der Waals surface area contributed by atoms with Crippen molar-refractivity contribution in [2.75, 3.05) is 26.5 Å². The number of aromatic hydroxyl groups is 1. The number of phenolic OH excluding ortho intramolecular Hbond substituents is 1. The molecule has 1 heterocycles. The normalized spacial score (nSPS) is 10.9. The van der Waals surface area contributed by atoms with Crippen LogP contribution in [-0.4, -0.2) is 47.9 Å². The van der Waals surface area contributed by atoms with Gasteiger partial charge in [-0.15, -0.1) is 0 Å². The maximum absolute atomic E-state index is 13.7. The Kier molecular flexibility index (Phi) is 8.21. The number of methoxy groups -OCH3 is 2. The molecule has 0 aliphatic heterocycles. The molecule has 0 unspecified atom stereocenters. The largest absolute Gasteiger partial charge is 0.505 e. The van der Waals surface area contributed by atoms with E-state index in [9.17, 15) is 19.1 Å². The van der Waals surface area contributed by atoms with Crippen LogP contribution in [0.3, 0.4) is 0 Å². The van der Waals surface area contributed by atoms with Gasteiger partial charge in [0.1, 0.15) is 22.8 Å². The number of hydrogen-bond acceptors (Lipinski definition) is 7. The van der Waals surface area contributed by atoms with Crippen molar-refractivity contribution in [1.29, 1.82) is 0 Å². The number of benzene rings is 3. The molecule has 0 spiro atoms. The number of aldehydes is 1. The van der Waals surface area contributed by atoms with Gasteiger partial charge in [-0.2, -0.15) is 0 Å². The zero-order valence-corrected chi connectivity index (χ0v) is 22.4. The summed E-state index contributed by atoms with van der Waals surface area (Å²) in [6, 6.07) is 11.3. The molecule has 0 saturated heterocycles. The SMILES string of the molecule is CCN(Cc1ccc(OC)cc1OC)C(=O)c1c(C=O)c(N)c2cc(Cc3ccc(F)c(Cl)c3)cnc2c1O. The van der Waals surface area contributed by atoms with Crippen LogP contribution < -0.4 is 15.2 Å². The Labute approximate surface area is 229 Å². The number of halogens is 2. The minimum Gasteiger partial charge on any atom is -0.505 e. The van der Waals surface area contributed by atoms with Crippen LogP contribution in [0.15, 0.2) is 48.7 Å². The molecule has 0 atom stereocenters. The third kappa shape index (κ3) is 5.44. The Morgan fingerprint density at radius 1 is 1.15 bits per heavy atom. The van der Waals surface area contributed by atoms with Gasteiger partial charge in [0.15, 0.2) is 12.0 Å². The second-order valence-electron chi connectivity index (χ2n) is 8.83. The lowest BCUT2D eigenvalue weighted by Crippen LogP contribution is -2.31. The molecule has 1 amide bonds. The summed E-state index contributed by atoms with van der Waals surface area (Å²) in [7, 11) is 3.06. The van der Waals surface area contributed by atoms with Gasteiger partial charge < -0.3 is 25.2 Å². The van der Waals surface area contributed by atoms with Gasteiger partial charge in [0, 0.05) is 36.3 Å². The summed E-state index contributed by atoms with van der Waals surface area (Å²) in [6.45, 7) is 2.20. The number of carbonyl (C=O) groups is 2. The molecule has 0 fully saturated rings. The number of anilines is 1. The summed E-state index contributed by atoms with van der Waals surface area (Å²) in [5.74, 6) is -0.431. The summed E-state index contributed by atoms with van der Waals surface area (Å²) in [4.78, 5) is 31.7. The highest BCUT2D eigenvalue weighted by Crippen LogP contribution is 2.37. The second kappa shape index (κ2) is 11.6. The quantitative estimate of drug-likeness (QED) is 0.163. The lowest BCUT2D eigenvalue weighted by Gasteiger charge is -2.24. The van der Waals surface area contributed by atoms with Gasteiger partial charge in [-0.05, 0) is 54.8 Å². The van der Waals surface area contributed by atoms with E-state index >= 15 is 0 Å². The highest BCUT2D eigenvalue weighted by molar-refractivity contribution is 6.30. The van der Waals surface area contributed by atoms with Gasteiger partial charge in [-0.25, -0.2) is 4.39 Å². The van der Waals surface area contributed by atoms with E-state index in [4.69, 9.17) is 26.8 Å². The number of phenols is 1. The number of ether oxygens (including phenoxy) is 2. The Hall–Kier alpha value is -4.37. The number of nitrogens with zero attached hydrogens (tertiary/aromatic N) is 2. The molecule has 1 aromatic heterocycles. The molecular formula is C29H27ClFN3O5. The van der Waals surface area contributed by atoms with Crippen LogP contribution in [0.1, 0.15) is 44.3 Å². The van der Waals surface area contributed by atoms with Crippen LogP contribution in [0.5, 0.6) is 17.2 Å². The van der Waals surface area contributed by atoms with E-state index in [1.54, 1.807) is 44.4 Å². The van der Waals surface area contributed by atoms with Gasteiger partial charge >= 0.3 is 0 Å². The molecule has 4 rings (SSSR count). The number of fused-ring (bicyclic) bond motifs is 1. The van der Waals surface area contributed by atoms with E-state index in [1.807, 2.05) is 0 Å². The second-order valence-corrected chi connectivity index (χ2v) is 9.24. The number of nitrogen functional groups attached to an aromatic ring is 1. The van der Waals surface area contributed by atoms with E-state index in [-0.39, 0.29) is 40.4 Å². The van der Waals surface area contributed by atoms with E-state index in [0.717, 1.165) is 5.56 Å². The van der Waals surface area contributed by atoms with Crippen molar-refractivity contribution in [3.8, 4) is 17.2 Å². The first-order valence-electron chi connectivity index (χ1n) is 12.0. The Balaban J connectivity index is 1.73. The number of carbonyl (C=O) groups excluding carboxylic acids is 2. The summed E-state index contributed by atoms with van der Waals surface area (Å²) < 4.78 is 24.2. The van der Waals surface area contributed by atoms with Gasteiger partial charge in [-0.3, -0.25) is 14.6 Å². The topological polar surface area (TPSA) is 115 Å². The standard InChI is InChI=1S/C29H27ClFN3O5/c1-4-34(14-18-6-7-19(38-2)12-24(18)39-3)29(37)25-21(15-35)26(32)20-10-17(13-33-27(20)28(25)36)9-16-5-8-23(31)22(30)11-16/h5-8,10-13,15,36H,4,9,14,32H2,1-3H3. The average molecular weight is 552 g/mol. The highest BCUT2D eigenvalue weighted by atomic mass is 35.5. The van der Waals surface area contributed by atoms with Crippen LogP contribution in [0.25, 0.3) is 10.9 Å². The van der Waals surface area contributed by atoms with Crippen molar-refractivity contribution >= 4 is 40.4 Å². The molecule has 0 aliphatic rings. The van der Waals surface area contributed by atoms with Crippen LogP contribution >= 0.6 is 11.6 Å². The number of pyridine rings is 1. The summed E-state index contributed by atoms with van der Waals surface area (Å²) in [5, 5.41) is 11.5. The van der Waals surface area contributed by atoms with Crippen LogP contribution in [0.2, 0.25) is 5.02 Å². The van der Waals surface area contributed by atoms with Gasteiger partial charge in [0.2, 0.25) is 0 Å². The molecule has 3 aromatic carbocycles. The fourth-order valence-corrected chi connectivity index (χ4v) is 4.63. The smallest absolute Gasteiger partial charge is 0.258 e. The van der Waals surface area contributed by atoms with Gasteiger partial charge in [0.05, 0.1) is 36.1 Å². The monoisotopic (exact) mass is 551 g/mol. The molecular weight excluding hydrogens is 525 g/mol. The predicted octanol–water partition coefficient (Wildman–Crippen LogP) is 5.40. The van der Waals surface area contributed by atoms with Crippen molar-refractivity contribution in [2.24, 2.45) is 0 Å². The van der Waals surface area contributed by atoms with Gasteiger partial charge in [0.25, 0.3) is 5.91 Å². The van der Waals surface area contributed by atoms with E-state index in [0.29, 0.717) is 40.7 Å². The highest BCUT2D eigenvalue weighted by Gasteiger charge is 2.27. The van der Waals surface area contributed by atoms with E-state index in [2.05, 4.69) is 4.98 Å². The molecule has 0 radical (unpaired) electrons. The third-order valence-electron chi connectivity index (χ3n) is 6.50. The van der Waals surface area contributed by atoms with Crippen molar-refractivity contribution in [3.05, 3.63) is 87.3 Å². The van der Waals surface area contributed by atoms with Crippen LogP contribution in [-0.2, 0) is 13.0 Å².